The van der Waals surface area contributed by atoms with Crippen molar-refractivity contribution in [2.24, 2.45) is 0 Å². The van der Waals surface area contributed by atoms with Crippen LogP contribution in [0, 0.1) is 0 Å². The van der Waals surface area contributed by atoms with Crippen LogP contribution in [0.3, 0.4) is 0 Å². The molecule has 0 bridgehead atoms. The molecule has 2 amide bonds. The number of halogens is 3. The van der Waals surface area contributed by atoms with E-state index in [1.165, 1.54) is 4.68 Å². The zero-order valence-corrected chi connectivity index (χ0v) is 20.8. The summed E-state index contributed by atoms with van der Waals surface area (Å²) in [5.41, 5.74) is 1.64. The van der Waals surface area contributed by atoms with E-state index in [0.717, 1.165) is 5.38 Å². The first-order valence-electron chi connectivity index (χ1n) is 11.8. The number of rotatable bonds is 6. The van der Waals surface area contributed by atoms with Gasteiger partial charge in [-0.2, -0.15) is 18.3 Å². The zero-order chi connectivity index (χ0) is 26.9. The fraction of sp³-hybridized carbons (Fsp3) is 0.269. The highest BCUT2D eigenvalue weighted by Gasteiger charge is 2.35. The largest absolute Gasteiger partial charge is 0.443 e. The van der Waals surface area contributed by atoms with Crippen molar-refractivity contribution in [3.05, 3.63) is 81.9 Å². The van der Waals surface area contributed by atoms with Gasteiger partial charge in [-0.05, 0) is 29.8 Å². The third kappa shape index (κ3) is 5.59. The molecule has 0 atom stereocenters. The van der Waals surface area contributed by atoms with Crippen LogP contribution in [0.2, 0.25) is 0 Å². The van der Waals surface area contributed by atoms with Crippen molar-refractivity contribution in [1.82, 2.24) is 24.6 Å². The molecule has 0 aliphatic carbocycles. The summed E-state index contributed by atoms with van der Waals surface area (Å²) in [4.78, 5) is 44.8. The summed E-state index contributed by atoms with van der Waals surface area (Å²) in [6.45, 7) is 1.77. The maximum atomic E-state index is 12.9. The molecule has 0 radical (unpaired) electrons. The first kappa shape index (κ1) is 25.6. The minimum Gasteiger partial charge on any atom is -0.338 e. The van der Waals surface area contributed by atoms with Crippen LogP contribution in [0.4, 0.5) is 13.2 Å². The Hall–Kier alpha value is -4.06. The lowest BCUT2D eigenvalue weighted by Gasteiger charge is -2.34. The Morgan fingerprint density at radius 3 is 2.34 bits per heavy atom. The number of hydrogen-bond acceptors (Lipinski definition) is 6. The van der Waals surface area contributed by atoms with Gasteiger partial charge in [0.05, 0.1) is 5.52 Å². The van der Waals surface area contributed by atoms with Crippen molar-refractivity contribution >= 4 is 39.8 Å². The minimum atomic E-state index is -4.58. The van der Waals surface area contributed by atoms with Crippen molar-refractivity contribution < 1.29 is 27.6 Å². The number of ketones is 1. The van der Waals surface area contributed by atoms with Crippen molar-refractivity contribution in [3.8, 4) is 0 Å². The van der Waals surface area contributed by atoms with Crippen LogP contribution in [0.25, 0.3) is 10.9 Å². The Kier molecular flexibility index (Phi) is 6.98. The average Bonchev–Trinajstić information content (AvgIpc) is 3.56. The molecule has 0 N–H and O–H groups in total. The van der Waals surface area contributed by atoms with Gasteiger partial charge >= 0.3 is 6.18 Å². The molecule has 1 saturated heterocycles. The SMILES string of the molecule is O=C(Cc1ccc2nn(CC(=O)N3CCN(C(=O)c4ccccc4)CC3)cc2c1)c1csc(C(F)(F)F)n1. The van der Waals surface area contributed by atoms with E-state index in [-0.39, 0.29) is 30.5 Å². The Morgan fingerprint density at radius 2 is 1.66 bits per heavy atom. The quantitative estimate of drug-likeness (QED) is 0.346. The van der Waals surface area contributed by atoms with Gasteiger partial charge in [-0.1, -0.05) is 24.3 Å². The van der Waals surface area contributed by atoms with Crippen molar-refractivity contribution in [2.45, 2.75) is 19.1 Å². The summed E-state index contributed by atoms with van der Waals surface area (Å²) >= 11 is 0.393. The summed E-state index contributed by atoms with van der Waals surface area (Å²) in [6.07, 6.45) is -2.99. The third-order valence-electron chi connectivity index (χ3n) is 6.25. The number of fused-ring (bicyclic) bond motifs is 1. The van der Waals surface area contributed by atoms with Gasteiger partial charge in [0.1, 0.15) is 12.2 Å². The molecule has 2 aromatic heterocycles. The number of carbonyl (C=O) groups excluding carboxylic acids is 3. The molecule has 0 unspecified atom stereocenters. The molecule has 2 aromatic carbocycles. The summed E-state index contributed by atoms with van der Waals surface area (Å²) < 4.78 is 39.9. The number of hydrogen-bond donors (Lipinski definition) is 0. The molecule has 3 heterocycles. The van der Waals surface area contributed by atoms with Crippen molar-refractivity contribution in [2.75, 3.05) is 26.2 Å². The monoisotopic (exact) mass is 541 g/mol. The smallest absolute Gasteiger partial charge is 0.338 e. The molecule has 5 rings (SSSR count). The van der Waals surface area contributed by atoms with Crippen molar-refractivity contribution in [1.29, 1.82) is 0 Å². The van der Waals surface area contributed by atoms with Crippen LogP contribution in [0.5, 0.6) is 0 Å². The second-order valence-electron chi connectivity index (χ2n) is 8.89. The van der Waals surface area contributed by atoms with Crippen LogP contribution in [0.1, 0.15) is 31.4 Å². The van der Waals surface area contributed by atoms with Gasteiger partial charge in [0, 0.05) is 55.1 Å². The molecule has 12 heteroatoms. The van der Waals surface area contributed by atoms with Crippen molar-refractivity contribution in [3.63, 3.8) is 0 Å². The highest BCUT2D eigenvalue weighted by atomic mass is 32.1. The van der Waals surface area contributed by atoms with Crippen LogP contribution in [0.15, 0.2) is 60.1 Å². The van der Waals surface area contributed by atoms with Gasteiger partial charge in [-0.3, -0.25) is 19.1 Å². The molecular formula is C26H22F3N5O3S. The Balaban J connectivity index is 1.18. The first-order chi connectivity index (χ1) is 18.2. The molecule has 0 saturated carbocycles. The van der Waals surface area contributed by atoms with Gasteiger partial charge in [0.2, 0.25) is 5.91 Å². The number of Topliss-reactive ketones (excluding diaryl/α,β-unsaturated/α-hetero) is 1. The van der Waals surface area contributed by atoms with E-state index in [4.69, 9.17) is 0 Å². The van der Waals surface area contributed by atoms with E-state index in [0.29, 0.717) is 59.5 Å². The number of amides is 2. The number of alkyl halides is 3. The maximum absolute atomic E-state index is 12.9. The molecule has 8 nitrogen and oxygen atoms in total. The summed E-state index contributed by atoms with van der Waals surface area (Å²) in [5, 5.41) is 5.19. The minimum absolute atomic E-state index is 0.0224. The predicted octanol–water partition coefficient (Wildman–Crippen LogP) is 3.92. The van der Waals surface area contributed by atoms with Gasteiger partial charge < -0.3 is 9.80 Å². The highest BCUT2D eigenvalue weighted by molar-refractivity contribution is 7.10. The second kappa shape index (κ2) is 10.4. The standard InChI is InChI=1S/C26H22F3N5O3S/c27-26(28,29)25-30-21(16-38-25)22(35)13-17-6-7-20-19(12-17)14-34(31-20)15-23(36)32-8-10-33(11-9-32)24(37)18-4-2-1-3-5-18/h1-7,12,14,16H,8-11,13,15H2. The molecule has 38 heavy (non-hydrogen) atoms. The number of carbonyl (C=O) groups is 3. The second-order valence-corrected chi connectivity index (χ2v) is 9.75. The highest BCUT2D eigenvalue weighted by Crippen LogP contribution is 2.32. The van der Waals surface area contributed by atoms with Gasteiger partial charge in [0.15, 0.2) is 10.8 Å². The fourth-order valence-corrected chi connectivity index (χ4v) is 4.98. The lowest BCUT2D eigenvalue weighted by molar-refractivity contribution is -0.137. The van der Waals surface area contributed by atoms with Gasteiger partial charge in [0.25, 0.3) is 5.91 Å². The van der Waals surface area contributed by atoms with Crippen LogP contribution in [-0.2, 0) is 23.9 Å². The van der Waals surface area contributed by atoms with E-state index < -0.39 is 17.0 Å². The van der Waals surface area contributed by atoms with E-state index in [9.17, 15) is 27.6 Å². The summed E-state index contributed by atoms with van der Waals surface area (Å²) in [6, 6.07) is 14.1. The normalized spacial score (nSPS) is 14.2. The number of benzene rings is 2. The zero-order valence-electron chi connectivity index (χ0n) is 20.0. The molecular weight excluding hydrogens is 519 g/mol. The Labute approximate surface area is 219 Å². The molecule has 4 aromatic rings. The third-order valence-corrected chi connectivity index (χ3v) is 7.14. The Bertz CT molecular complexity index is 1490. The van der Waals surface area contributed by atoms with E-state index in [2.05, 4.69) is 10.1 Å². The molecule has 196 valence electrons. The lowest BCUT2D eigenvalue weighted by atomic mass is 10.1. The predicted molar refractivity (Wildman–Crippen MR) is 134 cm³/mol. The number of piperazine rings is 1. The molecule has 1 aliphatic rings. The van der Waals surface area contributed by atoms with Gasteiger partial charge in [-0.25, -0.2) is 4.98 Å². The topological polar surface area (TPSA) is 88.4 Å². The molecule has 0 spiro atoms. The lowest BCUT2D eigenvalue weighted by Crippen LogP contribution is -2.51. The average molecular weight is 542 g/mol. The van der Waals surface area contributed by atoms with Gasteiger partial charge in [-0.15, -0.1) is 11.3 Å². The molecule has 1 aliphatic heterocycles. The summed E-state index contributed by atoms with van der Waals surface area (Å²) in [5.74, 6) is -0.687. The first-order valence-corrected chi connectivity index (χ1v) is 12.7. The van der Waals surface area contributed by atoms with Crippen LogP contribution >= 0.6 is 11.3 Å². The summed E-state index contributed by atoms with van der Waals surface area (Å²) in [7, 11) is 0. The number of thiazole rings is 1. The fourth-order valence-electron chi connectivity index (χ4n) is 4.29. The number of aromatic nitrogens is 3. The van der Waals surface area contributed by atoms with Crippen LogP contribution < -0.4 is 0 Å². The van der Waals surface area contributed by atoms with Crippen LogP contribution in [-0.4, -0.2) is 68.3 Å². The van der Waals surface area contributed by atoms with E-state index in [1.54, 1.807) is 46.3 Å². The van der Waals surface area contributed by atoms with E-state index in [1.807, 2.05) is 18.2 Å². The maximum Gasteiger partial charge on any atom is 0.443 e. The Morgan fingerprint density at radius 1 is 0.947 bits per heavy atom. The number of nitrogens with zero attached hydrogens (tertiary/aromatic N) is 5. The van der Waals surface area contributed by atoms with E-state index >= 15 is 0 Å². The molecule has 1 fully saturated rings.